The first kappa shape index (κ1) is 13.2. The summed E-state index contributed by atoms with van der Waals surface area (Å²) in [6.45, 7) is 0. The number of hydrogen-bond acceptors (Lipinski definition) is 2. The van der Waals surface area contributed by atoms with E-state index in [9.17, 15) is 9.28 Å². The number of benzene rings is 1. The van der Waals surface area contributed by atoms with Crippen LogP contribution in [0.3, 0.4) is 0 Å². The fourth-order valence-electron chi connectivity index (χ4n) is 1.27. The van der Waals surface area contributed by atoms with E-state index < -0.39 is 10.7 Å². The van der Waals surface area contributed by atoms with E-state index in [1.165, 1.54) is 17.7 Å². The van der Waals surface area contributed by atoms with Crippen LogP contribution < -0.4 is 11.3 Å². The lowest BCUT2D eigenvalue weighted by molar-refractivity contribution is 0.0999. The maximum Gasteiger partial charge on any atom is 0.249 e. The predicted octanol–water partition coefficient (Wildman–Crippen LogP) is 2.41. The van der Waals surface area contributed by atoms with Gasteiger partial charge in [0.2, 0.25) is 5.91 Å². The second-order valence-corrected chi connectivity index (χ2v) is 4.36. The van der Waals surface area contributed by atoms with Gasteiger partial charge < -0.3 is 5.73 Å². The maximum atomic E-state index is 12.2. The third-order valence-corrected chi connectivity index (χ3v) is 2.68. The van der Waals surface area contributed by atoms with Gasteiger partial charge >= 0.3 is 0 Å². The number of hydrogen-bond donors (Lipinski definition) is 2. The van der Waals surface area contributed by atoms with Crippen LogP contribution in [0.5, 0.6) is 0 Å². The highest BCUT2D eigenvalue weighted by molar-refractivity contribution is 7.80. The first-order chi connectivity index (χ1) is 7.49. The Morgan fingerprint density at radius 3 is 2.56 bits per heavy atom. The topological polar surface area (TPSA) is 55.1 Å². The summed E-state index contributed by atoms with van der Waals surface area (Å²) < 4.78 is 12.2. The molecule has 0 atom stereocenters. The fraction of sp³-hybridized carbons (Fsp3) is 0.111. The Hall–Kier alpha value is -0.910. The van der Waals surface area contributed by atoms with Gasteiger partial charge in [-0.15, -0.1) is 27.7 Å². The van der Waals surface area contributed by atoms with Crippen LogP contribution >= 0.6 is 35.4 Å². The third-order valence-electron chi connectivity index (χ3n) is 1.91. The van der Waals surface area contributed by atoms with E-state index in [-0.39, 0.29) is 16.1 Å². The van der Waals surface area contributed by atoms with Gasteiger partial charge in [-0.1, -0.05) is 30.4 Å². The Morgan fingerprint density at radius 1 is 1.50 bits per heavy atom. The third kappa shape index (κ3) is 2.61. The number of primary amides is 1. The van der Waals surface area contributed by atoms with Gasteiger partial charge in [-0.3, -0.25) is 4.79 Å². The molecule has 3 N–H and O–H groups in total. The molecule has 0 unspecified atom stereocenters. The lowest BCUT2D eigenvalue weighted by atomic mass is 10.0. The lowest BCUT2D eigenvalue weighted by Crippen LogP contribution is -2.22. The normalized spacial score (nSPS) is 10.2. The van der Waals surface area contributed by atoms with Crippen molar-refractivity contribution < 1.29 is 9.28 Å². The molecule has 0 fully saturated rings. The average molecular weight is 281 g/mol. The highest BCUT2D eigenvalue weighted by atomic mass is 35.5. The highest BCUT2D eigenvalue weighted by Gasteiger charge is 2.19. The Kier molecular flexibility index (Phi) is 4.46. The average Bonchev–Trinajstić information content (AvgIpc) is 2.26. The van der Waals surface area contributed by atoms with Crippen molar-refractivity contribution in [1.29, 1.82) is 0 Å². The van der Waals surface area contributed by atoms with Crippen molar-refractivity contribution in [1.82, 2.24) is 5.54 Å². The minimum atomic E-state index is -0.940. The summed E-state index contributed by atoms with van der Waals surface area (Å²) >= 11 is 16.0. The van der Waals surface area contributed by atoms with E-state index in [2.05, 4.69) is 0 Å². The molecule has 0 aliphatic rings. The van der Waals surface area contributed by atoms with Crippen molar-refractivity contribution in [2.75, 3.05) is 0 Å². The number of thiocarbonyl (C=S) groups is 1. The molecule has 0 aliphatic carbocycles. The van der Waals surface area contributed by atoms with Crippen molar-refractivity contribution in [2.24, 2.45) is 5.73 Å². The van der Waals surface area contributed by atoms with E-state index in [0.29, 0.717) is 5.56 Å². The van der Waals surface area contributed by atoms with Crippen LogP contribution in [0.1, 0.15) is 26.3 Å². The van der Waals surface area contributed by atoms with Crippen molar-refractivity contribution in [3.8, 4) is 0 Å². The molecule has 0 saturated carbocycles. The Balaban J connectivity index is 3.44. The van der Waals surface area contributed by atoms with Gasteiger partial charge in [0.15, 0.2) is 0 Å². The van der Waals surface area contributed by atoms with Crippen molar-refractivity contribution in [2.45, 2.75) is 4.84 Å². The minimum absolute atomic E-state index is 0.0210. The Morgan fingerprint density at radius 2 is 2.12 bits per heavy atom. The molecule has 1 amide bonds. The molecule has 0 aromatic heterocycles. The maximum absolute atomic E-state index is 12.2. The molecule has 16 heavy (non-hydrogen) atoms. The van der Waals surface area contributed by atoms with Crippen LogP contribution in [0.2, 0.25) is 0 Å². The minimum Gasteiger partial charge on any atom is -0.366 e. The number of nitrogens with one attached hydrogen (secondary N) is 1. The number of carbonyl (C=O) groups excluding carboxylic acids is 1. The van der Waals surface area contributed by atoms with Crippen molar-refractivity contribution in [3.63, 3.8) is 0 Å². The molecule has 1 aromatic rings. The second kappa shape index (κ2) is 5.43. The monoisotopic (exact) mass is 280 g/mol. The zero-order chi connectivity index (χ0) is 12.3. The molecule has 0 radical (unpaired) electrons. The van der Waals surface area contributed by atoms with Crippen molar-refractivity contribution >= 4 is 46.3 Å². The van der Waals surface area contributed by atoms with E-state index in [4.69, 9.17) is 41.2 Å². The molecule has 3 nitrogen and oxygen atoms in total. The highest BCUT2D eigenvalue weighted by Crippen LogP contribution is 2.29. The lowest BCUT2D eigenvalue weighted by Gasteiger charge is -2.12. The van der Waals surface area contributed by atoms with E-state index in [1.54, 1.807) is 6.07 Å². The Bertz CT molecular complexity index is 440. The summed E-state index contributed by atoms with van der Waals surface area (Å²) in [7, 11) is 0. The van der Waals surface area contributed by atoms with Gasteiger partial charge in [0.05, 0.1) is 5.56 Å². The number of rotatable bonds is 3. The van der Waals surface area contributed by atoms with Gasteiger partial charge in [-0.25, -0.2) is 5.54 Å². The second-order valence-electron chi connectivity index (χ2n) is 2.86. The van der Waals surface area contributed by atoms with Gasteiger partial charge in [0.25, 0.3) is 0 Å². The van der Waals surface area contributed by atoms with Crippen LogP contribution in [0.15, 0.2) is 18.2 Å². The van der Waals surface area contributed by atoms with Crippen LogP contribution in [0.25, 0.3) is 0 Å². The molecule has 7 heteroatoms. The quantitative estimate of drug-likeness (QED) is 0.508. The van der Waals surface area contributed by atoms with E-state index in [1.807, 2.05) is 0 Å². The smallest absolute Gasteiger partial charge is 0.249 e. The number of alkyl halides is 2. The molecule has 1 aromatic carbocycles. The molecular weight excluding hydrogens is 274 g/mol. The molecule has 0 heterocycles. The van der Waals surface area contributed by atoms with Crippen LogP contribution in [-0.2, 0) is 0 Å². The van der Waals surface area contributed by atoms with Gasteiger partial charge in [-0.2, -0.15) is 0 Å². The summed E-state index contributed by atoms with van der Waals surface area (Å²) in [6, 6.07) is 4.53. The first-order valence-corrected chi connectivity index (χ1v) is 5.39. The predicted molar refractivity (Wildman–Crippen MR) is 65.4 cm³/mol. The molecule has 1 rings (SSSR count). The summed E-state index contributed by atoms with van der Waals surface area (Å²) in [6.07, 6.45) is 0. The first-order valence-electron chi connectivity index (χ1n) is 4.11. The number of carbonyl (C=O) groups is 1. The summed E-state index contributed by atoms with van der Waals surface area (Å²) in [5.41, 5.74) is 6.94. The summed E-state index contributed by atoms with van der Waals surface area (Å²) in [4.78, 5) is 10.1. The van der Waals surface area contributed by atoms with E-state index >= 15 is 0 Å². The van der Waals surface area contributed by atoms with Crippen LogP contribution in [0.4, 0.5) is 4.48 Å². The van der Waals surface area contributed by atoms with Crippen LogP contribution in [-0.4, -0.2) is 10.9 Å². The van der Waals surface area contributed by atoms with Gasteiger partial charge in [0.1, 0.15) is 9.82 Å². The molecule has 0 spiro atoms. The molecule has 86 valence electrons. The SMILES string of the molecule is NC(=O)c1c(C(=S)NF)cccc1C(Cl)Cl. The van der Waals surface area contributed by atoms with E-state index in [0.717, 1.165) is 0 Å². The zero-order valence-electron chi connectivity index (χ0n) is 7.84. The van der Waals surface area contributed by atoms with Crippen molar-refractivity contribution in [3.05, 3.63) is 34.9 Å². The summed E-state index contributed by atoms with van der Waals surface area (Å²) in [5.74, 6) is -0.769. The van der Waals surface area contributed by atoms with Gasteiger partial charge in [-0.05, 0) is 5.56 Å². The number of nitrogens with two attached hydrogens (primary N) is 1. The number of halogens is 3. The molecule has 0 bridgehead atoms. The molecule has 0 aliphatic heterocycles. The van der Waals surface area contributed by atoms with Crippen LogP contribution in [0, 0.1) is 0 Å². The fourth-order valence-corrected chi connectivity index (χ4v) is 1.80. The molecular formula is C9H7Cl2FN2OS. The van der Waals surface area contributed by atoms with Gasteiger partial charge in [0, 0.05) is 5.56 Å². The number of amides is 1. The summed E-state index contributed by atoms with van der Waals surface area (Å²) in [5, 5.41) is 0. The largest absolute Gasteiger partial charge is 0.366 e. The molecule has 0 saturated heterocycles. The Labute approximate surface area is 107 Å². The standard InChI is InChI=1S/C9H7Cl2FN2OS/c10-7(11)4-2-1-3-5(9(16)14-12)6(4)8(13)15/h1-3,7H,(H2,13,15)(H,14,16). The zero-order valence-corrected chi connectivity index (χ0v) is 10.2.